The lowest BCUT2D eigenvalue weighted by atomic mass is 10.0. The smallest absolute Gasteiger partial charge is 0.241 e. The molecule has 0 spiro atoms. The summed E-state index contributed by atoms with van der Waals surface area (Å²) >= 11 is 0. The molecular weight excluding hydrogens is 474 g/mol. The first-order chi connectivity index (χ1) is 17.4. The van der Waals surface area contributed by atoms with E-state index < -0.39 is 10.0 Å². The maximum Gasteiger partial charge on any atom is 0.241 e. The monoisotopic (exact) mass is 503 g/mol. The van der Waals surface area contributed by atoms with Crippen LogP contribution in [-0.4, -0.2) is 48.9 Å². The highest BCUT2D eigenvalue weighted by Crippen LogP contribution is 2.33. The van der Waals surface area contributed by atoms with Crippen molar-refractivity contribution < 1.29 is 13.5 Å². The van der Waals surface area contributed by atoms with E-state index in [1.807, 2.05) is 42.5 Å². The third-order valence-electron chi connectivity index (χ3n) is 6.40. The zero-order chi connectivity index (χ0) is 25.1. The Labute approximate surface area is 210 Å². The minimum atomic E-state index is -3.79. The number of fused-ring (bicyclic) bond motifs is 1. The fourth-order valence-electron chi connectivity index (χ4n) is 4.62. The zero-order valence-corrected chi connectivity index (χ0v) is 20.6. The van der Waals surface area contributed by atoms with Gasteiger partial charge in [-0.1, -0.05) is 42.5 Å². The Hall–Kier alpha value is -3.50. The van der Waals surface area contributed by atoms with Gasteiger partial charge in [0.1, 0.15) is 0 Å². The van der Waals surface area contributed by atoms with Crippen LogP contribution in [0.5, 0.6) is 5.88 Å². The molecule has 5 rings (SSSR count). The molecule has 1 aromatic heterocycles. The molecule has 0 aliphatic carbocycles. The number of nitrogens with zero attached hydrogens (tertiary/aromatic N) is 2. The molecule has 1 saturated heterocycles. The number of aromatic hydroxyl groups is 1. The van der Waals surface area contributed by atoms with Crippen LogP contribution in [0, 0.1) is 0 Å². The molecule has 0 amide bonds. The van der Waals surface area contributed by atoms with Crippen molar-refractivity contribution >= 4 is 32.3 Å². The number of rotatable bonds is 8. The molecule has 4 aromatic rings. The first-order valence-electron chi connectivity index (χ1n) is 11.9. The van der Waals surface area contributed by atoms with Crippen LogP contribution < -0.4 is 10.5 Å². The third kappa shape index (κ3) is 5.05. The van der Waals surface area contributed by atoms with E-state index in [4.69, 9.17) is 10.7 Å². The van der Waals surface area contributed by atoms with Gasteiger partial charge >= 0.3 is 0 Å². The fraction of sp³-hybridized carbons (Fsp3) is 0.222. The Morgan fingerprint density at radius 1 is 1.03 bits per heavy atom. The third-order valence-corrected chi connectivity index (χ3v) is 7.82. The standard InChI is InChI=1S/C27H29N5O3S/c28-18-29-36(34,35)22-12-13-24-23(16-22)25(27(33)31-24)26(20-6-2-1-3-7-20)30-21-10-8-19(9-11-21)17-32-14-4-5-15-32/h1-3,6-13,16,29,31,33H,4-5,14-15,17-18,28H2. The van der Waals surface area contributed by atoms with Crippen LogP contribution in [0.3, 0.4) is 0 Å². The number of H-pyrrole nitrogens is 1. The Bertz CT molecular complexity index is 1490. The van der Waals surface area contributed by atoms with Crippen LogP contribution in [0.25, 0.3) is 10.9 Å². The van der Waals surface area contributed by atoms with Gasteiger partial charge < -0.3 is 15.8 Å². The van der Waals surface area contributed by atoms with E-state index in [0.29, 0.717) is 22.2 Å². The molecule has 0 unspecified atom stereocenters. The Morgan fingerprint density at radius 3 is 2.44 bits per heavy atom. The normalized spacial score (nSPS) is 15.1. The summed E-state index contributed by atoms with van der Waals surface area (Å²) in [7, 11) is -3.79. The van der Waals surface area contributed by atoms with Crippen LogP contribution in [0.15, 0.2) is 82.7 Å². The number of aromatic amines is 1. The molecule has 5 N–H and O–H groups in total. The summed E-state index contributed by atoms with van der Waals surface area (Å²) in [5, 5.41) is 11.5. The van der Waals surface area contributed by atoms with Crippen LogP contribution in [0.1, 0.15) is 29.5 Å². The summed E-state index contributed by atoms with van der Waals surface area (Å²) < 4.78 is 27.5. The molecule has 1 fully saturated rings. The highest BCUT2D eigenvalue weighted by Gasteiger charge is 2.21. The molecule has 0 bridgehead atoms. The van der Waals surface area contributed by atoms with Crippen molar-refractivity contribution in [2.45, 2.75) is 24.3 Å². The molecule has 1 aliphatic rings. The molecule has 0 atom stereocenters. The number of aliphatic imine (C=N–C) groups is 1. The minimum absolute atomic E-state index is 0.0550. The van der Waals surface area contributed by atoms with E-state index >= 15 is 0 Å². The largest absolute Gasteiger partial charge is 0.494 e. The number of benzene rings is 3. The summed E-state index contributed by atoms with van der Waals surface area (Å²) in [4.78, 5) is 10.4. The van der Waals surface area contributed by atoms with Crippen molar-refractivity contribution in [3.63, 3.8) is 0 Å². The van der Waals surface area contributed by atoms with Crippen molar-refractivity contribution in [1.82, 2.24) is 14.6 Å². The van der Waals surface area contributed by atoms with Gasteiger partial charge in [0.2, 0.25) is 10.0 Å². The van der Waals surface area contributed by atoms with Crippen LogP contribution in [0.2, 0.25) is 0 Å². The SMILES string of the molecule is NCNS(=O)(=O)c1ccc2[nH]c(O)c(C(=Nc3ccc(CN4CCCC4)cc3)c3ccccc3)c2c1. The van der Waals surface area contributed by atoms with Crippen LogP contribution in [0.4, 0.5) is 5.69 Å². The van der Waals surface area contributed by atoms with Gasteiger partial charge in [0, 0.05) is 23.0 Å². The predicted molar refractivity (Wildman–Crippen MR) is 142 cm³/mol. The molecule has 8 nitrogen and oxygen atoms in total. The Balaban J connectivity index is 1.60. The van der Waals surface area contributed by atoms with Gasteiger partial charge in [0.15, 0.2) is 5.88 Å². The topological polar surface area (TPSA) is 124 Å². The number of hydrogen-bond donors (Lipinski definition) is 4. The number of aromatic nitrogens is 1. The average Bonchev–Trinajstić information content (AvgIpc) is 3.50. The summed E-state index contributed by atoms with van der Waals surface area (Å²) in [5.41, 5.74) is 9.73. The molecule has 186 valence electrons. The van der Waals surface area contributed by atoms with Gasteiger partial charge in [-0.2, -0.15) is 4.72 Å². The lowest BCUT2D eigenvalue weighted by Gasteiger charge is -2.14. The Kier molecular flexibility index (Phi) is 6.88. The molecule has 9 heteroatoms. The van der Waals surface area contributed by atoms with Crippen molar-refractivity contribution in [2.24, 2.45) is 10.7 Å². The minimum Gasteiger partial charge on any atom is -0.494 e. The lowest BCUT2D eigenvalue weighted by Crippen LogP contribution is -2.29. The second kappa shape index (κ2) is 10.2. The predicted octanol–water partition coefficient (Wildman–Crippen LogP) is 3.83. The number of likely N-dealkylation sites (tertiary alicyclic amines) is 1. The summed E-state index contributed by atoms with van der Waals surface area (Å²) in [5.74, 6) is -0.0837. The van der Waals surface area contributed by atoms with E-state index in [9.17, 15) is 13.5 Å². The molecule has 2 heterocycles. The first kappa shape index (κ1) is 24.2. The first-order valence-corrected chi connectivity index (χ1v) is 13.4. The second-order valence-corrected chi connectivity index (χ2v) is 10.7. The quantitative estimate of drug-likeness (QED) is 0.215. The summed E-state index contributed by atoms with van der Waals surface area (Å²) in [6, 6.07) is 22.3. The molecule has 0 saturated carbocycles. The number of nitrogens with two attached hydrogens (primary N) is 1. The molecule has 1 aliphatic heterocycles. The van der Waals surface area contributed by atoms with Crippen LogP contribution >= 0.6 is 0 Å². The van der Waals surface area contributed by atoms with E-state index in [0.717, 1.165) is 30.9 Å². The van der Waals surface area contributed by atoms with Crippen molar-refractivity contribution in [3.8, 4) is 5.88 Å². The van der Waals surface area contributed by atoms with Gasteiger partial charge in [-0.3, -0.25) is 4.90 Å². The van der Waals surface area contributed by atoms with Gasteiger partial charge in [0.25, 0.3) is 0 Å². The van der Waals surface area contributed by atoms with E-state index in [1.165, 1.54) is 30.5 Å². The van der Waals surface area contributed by atoms with Gasteiger partial charge in [-0.05, 0) is 61.8 Å². The van der Waals surface area contributed by atoms with E-state index in [1.54, 1.807) is 6.07 Å². The van der Waals surface area contributed by atoms with Crippen molar-refractivity contribution in [1.29, 1.82) is 0 Å². The average molecular weight is 504 g/mol. The highest BCUT2D eigenvalue weighted by molar-refractivity contribution is 7.89. The maximum atomic E-state index is 12.6. The molecule has 36 heavy (non-hydrogen) atoms. The Morgan fingerprint density at radius 2 is 1.75 bits per heavy atom. The molecule has 0 radical (unpaired) electrons. The van der Waals surface area contributed by atoms with E-state index in [2.05, 4.69) is 26.7 Å². The molecule has 3 aromatic carbocycles. The molecular formula is C27H29N5O3S. The number of hydrogen-bond acceptors (Lipinski definition) is 6. The number of sulfonamides is 1. The maximum absolute atomic E-state index is 12.6. The fourth-order valence-corrected chi connectivity index (χ4v) is 5.53. The number of nitrogens with one attached hydrogen (secondary N) is 2. The zero-order valence-electron chi connectivity index (χ0n) is 19.8. The van der Waals surface area contributed by atoms with E-state index in [-0.39, 0.29) is 17.4 Å². The second-order valence-electron chi connectivity index (χ2n) is 8.88. The van der Waals surface area contributed by atoms with Gasteiger partial charge in [-0.25, -0.2) is 13.4 Å². The van der Waals surface area contributed by atoms with Gasteiger partial charge in [-0.15, -0.1) is 0 Å². The van der Waals surface area contributed by atoms with Crippen molar-refractivity contribution in [2.75, 3.05) is 19.8 Å². The lowest BCUT2D eigenvalue weighted by molar-refractivity contribution is 0.331. The van der Waals surface area contributed by atoms with Gasteiger partial charge in [0.05, 0.1) is 28.5 Å². The summed E-state index contributed by atoms with van der Waals surface area (Å²) in [6.07, 6.45) is 2.50. The summed E-state index contributed by atoms with van der Waals surface area (Å²) in [6.45, 7) is 2.98. The van der Waals surface area contributed by atoms with Crippen molar-refractivity contribution in [3.05, 3.63) is 89.5 Å². The highest BCUT2D eigenvalue weighted by atomic mass is 32.2. The van der Waals surface area contributed by atoms with Crippen LogP contribution in [-0.2, 0) is 16.6 Å².